The number of hydrogen-bond acceptors (Lipinski definition) is 5. The van der Waals surface area contributed by atoms with E-state index in [1.807, 2.05) is 6.08 Å². The third-order valence-electron chi connectivity index (χ3n) is 18.2. The fraction of sp³-hybridized carbons (Fsp3) is 0.923. The van der Waals surface area contributed by atoms with Crippen LogP contribution in [0, 0.1) is 0 Å². The minimum absolute atomic E-state index is 0.0190. The Morgan fingerprint density at radius 2 is 0.560 bits per heavy atom. The summed E-state index contributed by atoms with van der Waals surface area (Å²) in [6, 6.07) is -0.627. The zero-order chi connectivity index (χ0) is 60.6. The normalized spacial score (nSPS) is 12.6. The summed E-state index contributed by atoms with van der Waals surface area (Å²) in [5, 5.41) is 23.3. The Morgan fingerprint density at radius 3 is 0.845 bits per heavy atom. The van der Waals surface area contributed by atoms with Gasteiger partial charge in [-0.05, 0) is 57.8 Å². The lowest BCUT2D eigenvalue weighted by molar-refractivity contribution is -0.143. The number of aliphatic hydroxyl groups excluding tert-OH is 2. The third kappa shape index (κ3) is 69.4. The molecule has 0 spiro atoms. The van der Waals surface area contributed by atoms with Crippen molar-refractivity contribution in [2.24, 2.45) is 0 Å². The van der Waals surface area contributed by atoms with Gasteiger partial charge in [0.05, 0.1) is 25.4 Å². The van der Waals surface area contributed by atoms with Crippen molar-refractivity contribution in [3.63, 3.8) is 0 Å². The van der Waals surface area contributed by atoms with Crippen molar-refractivity contribution in [2.45, 2.75) is 450 Å². The summed E-state index contributed by atoms with van der Waals surface area (Å²) in [6.07, 6.45) is 94.3. The molecular weight excluding hydrogens is 1030 g/mol. The smallest absolute Gasteiger partial charge is 0.305 e. The van der Waals surface area contributed by atoms with E-state index >= 15 is 0 Å². The minimum atomic E-state index is -0.844. The van der Waals surface area contributed by atoms with Gasteiger partial charge >= 0.3 is 5.97 Å². The van der Waals surface area contributed by atoms with Gasteiger partial charge in [0, 0.05) is 12.8 Å². The molecule has 84 heavy (non-hydrogen) atoms. The monoisotopic (exact) mass is 1180 g/mol. The fourth-order valence-electron chi connectivity index (χ4n) is 12.3. The Hall–Kier alpha value is -1.66. The molecule has 0 aromatic carbocycles. The molecule has 2 atom stereocenters. The summed E-state index contributed by atoms with van der Waals surface area (Å²) in [4.78, 5) is 24.6. The molecule has 0 heterocycles. The number of allylic oxidation sites excluding steroid dienone is 3. The number of rotatable bonds is 73. The average molecular weight is 1180 g/mol. The summed E-state index contributed by atoms with van der Waals surface area (Å²) in [6.45, 7) is 4.95. The second kappa shape index (κ2) is 73.8. The van der Waals surface area contributed by atoms with E-state index in [1.54, 1.807) is 6.08 Å². The molecule has 0 saturated carbocycles. The first-order valence-corrected chi connectivity index (χ1v) is 38.6. The van der Waals surface area contributed by atoms with Gasteiger partial charge in [-0.2, -0.15) is 0 Å². The van der Waals surface area contributed by atoms with Crippen molar-refractivity contribution < 1.29 is 24.5 Å². The maximum Gasteiger partial charge on any atom is 0.305 e. The van der Waals surface area contributed by atoms with E-state index in [4.69, 9.17) is 4.74 Å². The molecule has 498 valence electrons. The number of unbranched alkanes of at least 4 members (excludes halogenated alkanes) is 60. The highest BCUT2D eigenvalue weighted by Crippen LogP contribution is 2.20. The van der Waals surface area contributed by atoms with Crippen molar-refractivity contribution in [3.8, 4) is 0 Å². The predicted molar refractivity (Wildman–Crippen MR) is 370 cm³/mol. The molecule has 0 rings (SSSR count). The Morgan fingerprint density at radius 1 is 0.321 bits per heavy atom. The molecule has 0 aliphatic carbocycles. The Kier molecular flexibility index (Phi) is 72.3. The number of carbonyl (C=O) groups is 2. The highest BCUT2D eigenvalue weighted by Gasteiger charge is 2.18. The van der Waals surface area contributed by atoms with Crippen LogP contribution in [-0.4, -0.2) is 47.4 Å². The van der Waals surface area contributed by atoms with Crippen molar-refractivity contribution in [1.29, 1.82) is 0 Å². The van der Waals surface area contributed by atoms with Gasteiger partial charge in [-0.25, -0.2) is 0 Å². The van der Waals surface area contributed by atoms with Crippen LogP contribution in [0.1, 0.15) is 438 Å². The second-order valence-corrected chi connectivity index (χ2v) is 26.7. The van der Waals surface area contributed by atoms with Gasteiger partial charge in [0.2, 0.25) is 5.91 Å². The van der Waals surface area contributed by atoms with Crippen LogP contribution < -0.4 is 5.32 Å². The number of nitrogens with one attached hydrogen (secondary N) is 1. The van der Waals surface area contributed by atoms with Gasteiger partial charge in [-0.1, -0.05) is 391 Å². The van der Waals surface area contributed by atoms with Gasteiger partial charge in [-0.3, -0.25) is 9.59 Å². The minimum Gasteiger partial charge on any atom is -0.466 e. The number of esters is 1. The first kappa shape index (κ1) is 82.3. The summed E-state index contributed by atoms with van der Waals surface area (Å²) in [7, 11) is 0. The summed E-state index contributed by atoms with van der Waals surface area (Å²) in [5.41, 5.74) is 0. The summed E-state index contributed by atoms with van der Waals surface area (Å²) in [5.74, 6) is -0.0417. The van der Waals surface area contributed by atoms with E-state index in [1.165, 1.54) is 372 Å². The highest BCUT2D eigenvalue weighted by atomic mass is 16.5. The zero-order valence-electron chi connectivity index (χ0n) is 57.2. The molecule has 0 radical (unpaired) electrons. The van der Waals surface area contributed by atoms with E-state index in [2.05, 4.69) is 31.3 Å². The lowest BCUT2D eigenvalue weighted by atomic mass is 10.0. The van der Waals surface area contributed by atoms with E-state index in [-0.39, 0.29) is 18.5 Å². The van der Waals surface area contributed by atoms with Crippen molar-refractivity contribution in [2.75, 3.05) is 13.2 Å². The molecular formula is C78H151NO5. The summed E-state index contributed by atoms with van der Waals surface area (Å²) < 4.78 is 5.49. The van der Waals surface area contributed by atoms with Crippen LogP contribution in [0.3, 0.4) is 0 Å². The molecule has 0 bridgehead atoms. The van der Waals surface area contributed by atoms with E-state index in [9.17, 15) is 19.8 Å². The zero-order valence-corrected chi connectivity index (χ0v) is 57.2. The standard InChI is InChI=1S/C78H151NO5/c1-3-5-7-9-11-13-15-17-18-19-20-21-22-32-35-38-41-44-47-50-54-58-62-66-70-76(81)75(74-80)79-77(82)71-67-63-59-55-51-48-45-42-39-36-33-30-28-26-24-23-25-27-29-31-34-37-40-43-46-49-53-57-61-65-69-73-84-78(83)72-68-64-60-56-52-16-14-12-10-8-6-4-2/h25,27,66,70,75-76,80-81H,3-24,26,28-65,67-69,71-74H2,1-2H3,(H,79,82)/b27-25-,70-66+. The van der Waals surface area contributed by atoms with Crippen LogP contribution in [0.4, 0.5) is 0 Å². The van der Waals surface area contributed by atoms with Gasteiger partial charge in [0.15, 0.2) is 0 Å². The van der Waals surface area contributed by atoms with Crippen LogP contribution in [0.25, 0.3) is 0 Å². The third-order valence-corrected chi connectivity index (χ3v) is 18.2. The van der Waals surface area contributed by atoms with Crippen molar-refractivity contribution in [1.82, 2.24) is 5.32 Å². The van der Waals surface area contributed by atoms with Gasteiger partial charge < -0.3 is 20.3 Å². The maximum atomic E-state index is 12.5. The number of hydrogen-bond donors (Lipinski definition) is 3. The molecule has 3 N–H and O–H groups in total. The van der Waals surface area contributed by atoms with Crippen LogP contribution >= 0.6 is 0 Å². The molecule has 6 heteroatoms. The molecule has 0 aliphatic rings. The topological polar surface area (TPSA) is 95.9 Å². The Balaban J connectivity index is 3.39. The number of carbonyl (C=O) groups excluding carboxylic acids is 2. The van der Waals surface area contributed by atoms with Crippen molar-refractivity contribution >= 4 is 11.9 Å². The van der Waals surface area contributed by atoms with Crippen LogP contribution in [0.2, 0.25) is 0 Å². The summed E-state index contributed by atoms with van der Waals surface area (Å²) >= 11 is 0. The number of ether oxygens (including phenoxy) is 1. The lowest BCUT2D eigenvalue weighted by Crippen LogP contribution is -2.45. The molecule has 0 fully saturated rings. The molecule has 0 aromatic heterocycles. The quantitative estimate of drug-likeness (QED) is 0.0320. The van der Waals surface area contributed by atoms with Gasteiger partial charge in [0.25, 0.3) is 0 Å². The van der Waals surface area contributed by atoms with Gasteiger partial charge in [-0.15, -0.1) is 0 Å². The first-order valence-electron chi connectivity index (χ1n) is 38.6. The second-order valence-electron chi connectivity index (χ2n) is 26.7. The fourth-order valence-corrected chi connectivity index (χ4v) is 12.3. The molecule has 0 aromatic rings. The van der Waals surface area contributed by atoms with E-state index in [0.717, 1.165) is 38.5 Å². The lowest BCUT2D eigenvalue weighted by Gasteiger charge is -2.20. The van der Waals surface area contributed by atoms with E-state index < -0.39 is 12.1 Å². The largest absolute Gasteiger partial charge is 0.466 e. The maximum absolute atomic E-state index is 12.5. The molecule has 0 saturated heterocycles. The van der Waals surface area contributed by atoms with Crippen LogP contribution in [0.5, 0.6) is 0 Å². The van der Waals surface area contributed by atoms with Crippen LogP contribution in [0.15, 0.2) is 24.3 Å². The highest BCUT2D eigenvalue weighted by molar-refractivity contribution is 5.76. The number of aliphatic hydroxyl groups is 2. The van der Waals surface area contributed by atoms with Crippen LogP contribution in [-0.2, 0) is 14.3 Å². The average Bonchev–Trinajstić information content (AvgIpc) is 3.50. The molecule has 1 amide bonds. The van der Waals surface area contributed by atoms with E-state index in [0.29, 0.717) is 19.4 Å². The number of amides is 1. The Labute approximate surface area is 526 Å². The van der Waals surface area contributed by atoms with Gasteiger partial charge in [0.1, 0.15) is 0 Å². The molecule has 2 unspecified atom stereocenters. The molecule has 0 aliphatic heterocycles. The SMILES string of the molecule is CCCCCCCCCCCCCCCCCCCCCCCC/C=C/C(O)C(CO)NC(=O)CCCCCCCCCCCCCCCCC/C=C\CCCCCCCCCCCCCCOC(=O)CCCCCCCCCCCCCC. The van der Waals surface area contributed by atoms with Crippen molar-refractivity contribution in [3.05, 3.63) is 24.3 Å². The molecule has 6 nitrogen and oxygen atoms in total. The first-order chi connectivity index (χ1) is 41.5. The predicted octanol–water partition coefficient (Wildman–Crippen LogP) is 25.3. The Bertz CT molecular complexity index is 1320.